The molecule has 0 spiro atoms. The summed E-state index contributed by atoms with van der Waals surface area (Å²) in [6, 6.07) is 6.49. The number of aromatic nitrogens is 2. The third kappa shape index (κ3) is 6.07. The van der Waals surface area contributed by atoms with Gasteiger partial charge in [-0.3, -0.25) is 14.4 Å². The number of hydrogen-bond donors (Lipinski definition) is 3. The first kappa shape index (κ1) is 21.4. The average Bonchev–Trinajstić information content (AvgIpc) is 3.19. The van der Waals surface area contributed by atoms with Crippen LogP contribution in [-0.4, -0.2) is 52.2 Å². The predicted octanol–water partition coefficient (Wildman–Crippen LogP) is 1.000. The first-order chi connectivity index (χ1) is 13.6. The zero-order valence-electron chi connectivity index (χ0n) is 15.0. The Morgan fingerprint density at radius 1 is 1.46 bits per heavy atom. The van der Waals surface area contributed by atoms with Gasteiger partial charge in [0.05, 0.1) is 12.4 Å². The fraction of sp³-hybridized carbons (Fsp3) is 0.333. The number of benzene rings is 1. The van der Waals surface area contributed by atoms with E-state index in [0.29, 0.717) is 17.1 Å². The van der Waals surface area contributed by atoms with Crippen LogP contribution in [0.15, 0.2) is 43.0 Å². The zero-order chi connectivity index (χ0) is 20.4. The number of ether oxygens (including phenoxy) is 1. The van der Waals surface area contributed by atoms with Crippen LogP contribution in [0.3, 0.4) is 0 Å². The third-order valence-corrected chi connectivity index (χ3v) is 4.31. The molecule has 3 N–H and O–H groups in total. The molecule has 2 heterocycles. The fourth-order valence-corrected chi connectivity index (χ4v) is 2.99. The minimum Gasteiger partial charge on any atom is -0.483 e. The Bertz CT molecular complexity index is 784. The summed E-state index contributed by atoms with van der Waals surface area (Å²) < 4.78 is 7.42. The van der Waals surface area contributed by atoms with Gasteiger partial charge in [0, 0.05) is 30.5 Å². The number of nitrogens with one attached hydrogen (secondary N) is 2. The summed E-state index contributed by atoms with van der Waals surface area (Å²) in [6.45, 7) is 0.866. The Morgan fingerprint density at radius 2 is 2.21 bits per heavy atom. The topological polar surface area (TPSA) is 123 Å². The molecule has 0 radical (unpaired) electrons. The molecule has 1 aromatic heterocycles. The van der Waals surface area contributed by atoms with E-state index in [-0.39, 0.29) is 24.9 Å². The van der Waals surface area contributed by atoms with Gasteiger partial charge in [0.15, 0.2) is 6.10 Å². The molecule has 1 aromatic carbocycles. The molecule has 3 rings (SSSR count). The molecular formula is C18H21ClN4O5. The van der Waals surface area contributed by atoms with E-state index in [0.717, 1.165) is 13.0 Å². The number of nitrogens with zero attached hydrogens (tertiary/aromatic N) is 2. The Labute approximate surface area is 166 Å². The summed E-state index contributed by atoms with van der Waals surface area (Å²) in [4.78, 5) is 36.5. The van der Waals surface area contributed by atoms with Crippen molar-refractivity contribution in [3.8, 4) is 0 Å². The van der Waals surface area contributed by atoms with Crippen LogP contribution in [0.25, 0.3) is 0 Å². The van der Waals surface area contributed by atoms with Crippen molar-refractivity contribution in [3.05, 3.63) is 53.6 Å². The zero-order valence-corrected chi connectivity index (χ0v) is 15.7. The highest BCUT2D eigenvalue weighted by Crippen LogP contribution is 2.28. The normalized spacial score (nSPS) is 18.4. The highest BCUT2D eigenvalue weighted by atomic mass is 35.5. The summed E-state index contributed by atoms with van der Waals surface area (Å²) >= 11 is 6.21. The number of carboxylic acid groups (broad SMARTS) is 1. The quantitative estimate of drug-likeness (QED) is 0.484. The van der Waals surface area contributed by atoms with E-state index in [2.05, 4.69) is 15.6 Å². The maximum Gasteiger partial charge on any atom is 0.290 e. The lowest BCUT2D eigenvalue weighted by Crippen LogP contribution is -2.52. The number of carbonyl (C=O) groups is 3. The van der Waals surface area contributed by atoms with Gasteiger partial charge >= 0.3 is 0 Å². The van der Waals surface area contributed by atoms with Crippen LogP contribution >= 0.6 is 11.6 Å². The minimum absolute atomic E-state index is 0.145. The van der Waals surface area contributed by atoms with Crippen molar-refractivity contribution in [2.24, 2.45) is 0 Å². The molecule has 150 valence electrons. The molecule has 2 amide bonds. The van der Waals surface area contributed by atoms with Gasteiger partial charge in [-0.2, -0.15) is 0 Å². The van der Waals surface area contributed by atoms with Crippen molar-refractivity contribution < 1.29 is 24.2 Å². The molecule has 0 saturated carbocycles. The predicted molar refractivity (Wildman–Crippen MR) is 101 cm³/mol. The number of amides is 2. The van der Waals surface area contributed by atoms with Crippen LogP contribution in [0, 0.1) is 0 Å². The van der Waals surface area contributed by atoms with Crippen LogP contribution in [0.5, 0.6) is 0 Å². The second-order valence-electron chi connectivity index (χ2n) is 5.85. The molecule has 9 nitrogen and oxygen atoms in total. The van der Waals surface area contributed by atoms with Crippen molar-refractivity contribution in [2.45, 2.75) is 25.1 Å². The summed E-state index contributed by atoms with van der Waals surface area (Å²) in [6.07, 6.45) is 5.26. The highest BCUT2D eigenvalue weighted by molar-refractivity contribution is 6.31. The van der Waals surface area contributed by atoms with Crippen LogP contribution in [0.1, 0.15) is 18.0 Å². The van der Waals surface area contributed by atoms with E-state index < -0.39 is 12.1 Å². The molecule has 0 unspecified atom stereocenters. The smallest absolute Gasteiger partial charge is 0.290 e. The van der Waals surface area contributed by atoms with E-state index in [4.69, 9.17) is 26.2 Å². The first-order valence-corrected chi connectivity index (χ1v) is 8.91. The highest BCUT2D eigenvalue weighted by Gasteiger charge is 2.36. The maximum absolute atomic E-state index is 12.5. The number of rotatable bonds is 6. The van der Waals surface area contributed by atoms with Crippen LogP contribution in [0.2, 0.25) is 5.02 Å². The lowest BCUT2D eigenvalue weighted by Gasteiger charge is -2.32. The van der Waals surface area contributed by atoms with Crippen LogP contribution < -0.4 is 10.6 Å². The number of imidazole rings is 1. The van der Waals surface area contributed by atoms with Gasteiger partial charge in [-0.15, -0.1) is 0 Å². The molecule has 0 bridgehead atoms. The average molecular weight is 409 g/mol. The Kier molecular flexibility index (Phi) is 8.44. The molecule has 10 heteroatoms. The first-order valence-electron chi connectivity index (χ1n) is 8.53. The second kappa shape index (κ2) is 11.1. The Hall–Kier alpha value is -2.91. The lowest BCUT2D eigenvalue weighted by molar-refractivity contribution is -0.148. The maximum atomic E-state index is 12.5. The molecule has 1 aliphatic rings. The molecule has 1 aliphatic heterocycles. The van der Waals surface area contributed by atoms with Crippen molar-refractivity contribution in [1.82, 2.24) is 20.2 Å². The van der Waals surface area contributed by atoms with Crippen LogP contribution in [-0.2, 0) is 25.7 Å². The van der Waals surface area contributed by atoms with Crippen molar-refractivity contribution >= 4 is 29.9 Å². The molecular weight excluding hydrogens is 388 g/mol. The van der Waals surface area contributed by atoms with Gasteiger partial charge in [-0.1, -0.05) is 29.8 Å². The fourth-order valence-electron chi connectivity index (χ4n) is 2.74. The number of morpholine rings is 1. The van der Waals surface area contributed by atoms with Gasteiger partial charge in [0.2, 0.25) is 5.91 Å². The monoisotopic (exact) mass is 408 g/mol. The van der Waals surface area contributed by atoms with E-state index in [9.17, 15) is 9.59 Å². The molecule has 28 heavy (non-hydrogen) atoms. The largest absolute Gasteiger partial charge is 0.483 e. The van der Waals surface area contributed by atoms with Crippen molar-refractivity contribution in [1.29, 1.82) is 0 Å². The van der Waals surface area contributed by atoms with Gasteiger partial charge in [0.25, 0.3) is 12.4 Å². The van der Waals surface area contributed by atoms with Crippen molar-refractivity contribution in [2.75, 3.05) is 13.2 Å². The minimum atomic E-state index is -0.814. The summed E-state index contributed by atoms with van der Waals surface area (Å²) in [7, 11) is 0. The Balaban J connectivity index is 0.000000878. The third-order valence-electron chi connectivity index (χ3n) is 3.96. The van der Waals surface area contributed by atoms with E-state index in [1.54, 1.807) is 30.7 Å². The SMILES string of the molecule is O=C1CO[C@H](C(=O)NCCCn2ccnc2)[C@@H](c2ccccc2Cl)N1.O=CO. The number of aryl methyl sites for hydroxylation is 1. The summed E-state index contributed by atoms with van der Waals surface area (Å²) in [5.74, 6) is -0.537. The molecule has 2 aromatic rings. The molecule has 2 atom stereocenters. The van der Waals surface area contributed by atoms with Gasteiger partial charge in [-0.25, -0.2) is 4.98 Å². The van der Waals surface area contributed by atoms with E-state index in [1.165, 1.54) is 0 Å². The molecule has 0 aliphatic carbocycles. The number of hydrogen-bond acceptors (Lipinski definition) is 5. The lowest BCUT2D eigenvalue weighted by atomic mass is 9.99. The number of carbonyl (C=O) groups excluding carboxylic acids is 2. The molecule has 1 saturated heterocycles. The van der Waals surface area contributed by atoms with Crippen LogP contribution in [0.4, 0.5) is 0 Å². The Morgan fingerprint density at radius 3 is 2.89 bits per heavy atom. The van der Waals surface area contributed by atoms with Gasteiger partial charge in [0.1, 0.15) is 6.61 Å². The second-order valence-corrected chi connectivity index (χ2v) is 6.26. The van der Waals surface area contributed by atoms with Crippen molar-refractivity contribution in [3.63, 3.8) is 0 Å². The van der Waals surface area contributed by atoms with Gasteiger partial charge < -0.3 is 25.0 Å². The van der Waals surface area contributed by atoms with E-state index in [1.807, 2.05) is 16.8 Å². The standard InChI is InChI=1S/C17H19ClN4O3.CH2O2/c18-13-5-2-1-4-12(13)15-16(25-10-14(23)21-15)17(24)20-6-3-8-22-9-7-19-11-22;2-1-3/h1-2,4-5,7,9,11,15-16H,3,6,8,10H2,(H,20,24)(H,21,23);1H,(H,2,3)/t15-,16+;/m1./s1. The van der Waals surface area contributed by atoms with Gasteiger partial charge in [-0.05, 0) is 18.1 Å². The van der Waals surface area contributed by atoms with E-state index >= 15 is 0 Å². The summed E-state index contributed by atoms with van der Waals surface area (Å²) in [5.41, 5.74) is 0.663. The summed E-state index contributed by atoms with van der Waals surface area (Å²) in [5, 5.41) is 13.0. The molecule has 1 fully saturated rings. The number of halogens is 1.